The van der Waals surface area contributed by atoms with Crippen molar-refractivity contribution < 1.29 is 23.9 Å². The smallest absolute Gasteiger partial charge is 0.294 e. The van der Waals surface area contributed by atoms with Crippen molar-refractivity contribution in [1.82, 2.24) is 4.90 Å². The van der Waals surface area contributed by atoms with Crippen LogP contribution in [0.2, 0.25) is 0 Å². The Bertz CT molecular complexity index is 1280. The third kappa shape index (κ3) is 3.92. The van der Waals surface area contributed by atoms with Gasteiger partial charge in [0, 0.05) is 11.8 Å². The van der Waals surface area contributed by atoms with Crippen molar-refractivity contribution >= 4 is 51.4 Å². The number of nitrogens with one attached hydrogen (secondary N) is 1. The van der Waals surface area contributed by atoms with Gasteiger partial charge in [-0.05, 0) is 46.3 Å². The molecule has 5 rings (SSSR count). The lowest BCUT2D eigenvalue weighted by Gasteiger charge is -2.19. The third-order valence-electron chi connectivity index (χ3n) is 5.11. The molecule has 2 aliphatic heterocycles. The molecular formula is C24H18N2O5S. The Morgan fingerprint density at radius 1 is 1.00 bits per heavy atom. The molecule has 3 aromatic carbocycles. The minimum atomic E-state index is -0.481. The zero-order chi connectivity index (χ0) is 22.1. The Morgan fingerprint density at radius 2 is 1.78 bits per heavy atom. The van der Waals surface area contributed by atoms with Crippen molar-refractivity contribution in [2.24, 2.45) is 0 Å². The van der Waals surface area contributed by atoms with Crippen molar-refractivity contribution in [1.29, 1.82) is 0 Å². The van der Waals surface area contributed by atoms with E-state index in [1.165, 1.54) is 0 Å². The van der Waals surface area contributed by atoms with E-state index in [1.807, 2.05) is 42.5 Å². The number of fused-ring (bicyclic) bond motifs is 2. The second kappa shape index (κ2) is 8.39. The lowest BCUT2D eigenvalue weighted by atomic mass is 10.0. The number of amides is 3. The van der Waals surface area contributed by atoms with E-state index >= 15 is 0 Å². The molecule has 0 aromatic heterocycles. The fourth-order valence-corrected chi connectivity index (χ4v) is 4.45. The molecule has 0 aliphatic carbocycles. The first-order valence-electron chi connectivity index (χ1n) is 10.0. The number of imide groups is 1. The number of carbonyl (C=O) groups excluding carboxylic acids is 3. The zero-order valence-corrected chi connectivity index (χ0v) is 17.7. The highest BCUT2D eigenvalue weighted by Gasteiger charge is 2.36. The molecule has 160 valence electrons. The Hall–Kier alpha value is -3.78. The fraction of sp³-hybridized carbons (Fsp3) is 0.125. The summed E-state index contributed by atoms with van der Waals surface area (Å²) in [5.41, 5.74) is 1.34. The van der Waals surface area contributed by atoms with Gasteiger partial charge in [-0.2, -0.15) is 0 Å². The Labute approximate surface area is 188 Å². The summed E-state index contributed by atoms with van der Waals surface area (Å²) in [5.74, 6) is 0.192. The Balaban J connectivity index is 1.31. The van der Waals surface area contributed by atoms with Gasteiger partial charge in [0.25, 0.3) is 11.1 Å². The number of thioether (sulfide) groups is 1. The maximum Gasteiger partial charge on any atom is 0.294 e. The normalized spacial score (nSPS) is 16.6. The van der Waals surface area contributed by atoms with Gasteiger partial charge in [-0.3, -0.25) is 19.3 Å². The minimum absolute atomic E-state index is 0.290. The summed E-state index contributed by atoms with van der Waals surface area (Å²) in [4.78, 5) is 39.0. The van der Waals surface area contributed by atoms with Crippen molar-refractivity contribution in [3.63, 3.8) is 0 Å². The molecule has 3 amide bonds. The SMILES string of the molecule is O=C(CN1C(=O)S/C(=C/c2cccc3ccccc23)C1=O)Nc1ccc2c(c1)OCCO2. The predicted molar refractivity (Wildman–Crippen MR) is 123 cm³/mol. The molecule has 3 aromatic rings. The van der Waals surface area contributed by atoms with E-state index in [0.717, 1.165) is 33.0 Å². The second-order valence-corrected chi connectivity index (χ2v) is 8.24. The molecule has 1 N–H and O–H groups in total. The molecule has 1 fully saturated rings. The van der Waals surface area contributed by atoms with Crippen LogP contribution in [-0.4, -0.2) is 41.7 Å². The summed E-state index contributed by atoms with van der Waals surface area (Å²) in [6, 6.07) is 18.6. The van der Waals surface area contributed by atoms with E-state index in [2.05, 4.69) is 5.32 Å². The van der Waals surface area contributed by atoms with Crippen molar-refractivity contribution in [3.05, 3.63) is 71.1 Å². The van der Waals surface area contributed by atoms with Gasteiger partial charge in [-0.25, -0.2) is 0 Å². The monoisotopic (exact) mass is 446 g/mol. The summed E-state index contributed by atoms with van der Waals surface area (Å²) in [6.45, 7) is 0.542. The van der Waals surface area contributed by atoms with Crippen molar-refractivity contribution in [2.75, 3.05) is 25.1 Å². The molecule has 7 nitrogen and oxygen atoms in total. The van der Waals surface area contributed by atoms with Crippen LogP contribution in [0, 0.1) is 0 Å². The molecule has 0 bridgehead atoms. The standard InChI is InChI=1S/C24H18N2O5S/c27-22(25-17-8-9-19-20(13-17)31-11-10-30-19)14-26-23(28)21(32-24(26)29)12-16-6-3-5-15-4-1-2-7-18(15)16/h1-9,12-13H,10-11,14H2,(H,25,27)/b21-12+. The van der Waals surface area contributed by atoms with Gasteiger partial charge >= 0.3 is 0 Å². The van der Waals surface area contributed by atoms with E-state index in [0.29, 0.717) is 35.3 Å². The van der Waals surface area contributed by atoms with E-state index in [4.69, 9.17) is 9.47 Å². The molecule has 0 radical (unpaired) electrons. The molecule has 8 heteroatoms. The van der Waals surface area contributed by atoms with Crippen LogP contribution in [0.5, 0.6) is 11.5 Å². The number of benzene rings is 3. The molecule has 0 saturated carbocycles. The van der Waals surface area contributed by atoms with Crippen molar-refractivity contribution in [3.8, 4) is 11.5 Å². The average Bonchev–Trinajstić information content (AvgIpc) is 3.06. The van der Waals surface area contributed by atoms with Gasteiger partial charge < -0.3 is 14.8 Å². The third-order valence-corrected chi connectivity index (χ3v) is 6.02. The van der Waals surface area contributed by atoms with Crippen LogP contribution in [0.3, 0.4) is 0 Å². The molecule has 0 unspecified atom stereocenters. The van der Waals surface area contributed by atoms with Crippen LogP contribution < -0.4 is 14.8 Å². The first kappa shape index (κ1) is 20.1. The van der Waals surface area contributed by atoms with Gasteiger partial charge in [-0.15, -0.1) is 0 Å². The molecule has 2 aliphatic rings. The molecule has 32 heavy (non-hydrogen) atoms. The minimum Gasteiger partial charge on any atom is -0.486 e. The molecule has 2 heterocycles. The number of carbonyl (C=O) groups is 3. The van der Waals surface area contributed by atoms with Gasteiger partial charge in [0.2, 0.25) is 5.91 Å². The Morgan fingerprint density at radius 3 is 2.66 bits per heavy atom. The summed E-state index contributed by atoms with van der Waals surface area (Å²) >= 11 is 0.834. The lowest BCUT2D eigenvalue weighted by molar-refractivity contribution is -0.127. The van der Waals surface area contributed by atoms with Crippen LogP contribution in [0.1, 0.15) is 5.56 Å². The van der Waals surface area contributed by atoms with E-state index in [-0.39, 0.29) is 6.54 Å². The van der Waals surface area contributed by atoms with Gasteiger partial charge in [0.05, 0.1) is 4.91 Å². The quantitative estimate of drug-likeness (QED) is 0.602. The van der Waals surface area contributed by atoms with Crippen LogP contribution in [0.25, 0.3) is 16.8 Å². The molecular weight excluding hydrogens is 428 g/mol. The zero-order valence-electron chi connectivity index (χ0n) is 16.9. The highest BCUT2D eigenvalue weighted by atomic mass is 32.2. The van der Waals surface area contributed by atoms with Gasteiger partial charge in [0.15, 0.2) is 11.5 Å². The fourth-order valence-electron chi connectivity index (χ4n) is 3.62. The second-order valence-electron chi connectivity index (χ2n) is 7.24. The number of nitrogens with zero attached hydrogens (tertiary/aromatic N) is 1. The molecule has 0 spiro atoms. The lowest BCUT2D eigenvalue weighted by Crippen LogP contribution is -2.36. The van der Waals surface area contributed by atoms with Crippen LogP contribution in [0.15, 0.2) is 65.6 Å². The van der Waals surface area contributed by atoms with E-state index < -0.39 is 17.1 Å². The molecule has 0 atom stereocenters. The summed E-state index contributed by atoms with van der Waals surface area (Å²) < 4.78 is 11.0. The summed E-state index contributed by atoms with van der Waals surface area (Å²) in [7, 11) is 0. The predicted octanol–water partition coefficient (Wildman–Crippen LogP) is 4.29. The molecule has 1 saturated heterocycles. The first-order chi connectivity index (χ1) is 15.6. The highest BCUT2D eigenvalue weighted by molar-refractivity contribution is 8.18. The van der Waals surface area contributed by atoms with Crippen LogP contribution >= 0.6 is 11.8 Å². The number of anilines is 1. The van der Waals surface area contributed by atoms with Crippen molar-refractivity contribution in [2.45, 2.75) is 0 Å². The van der Waals surface area contributed by atoms with Crippen LogP contribution in [-0.2, 0) is 9.59 Å². The number of hydrogen-bond acceptors (Lipinski definition) is 6. The summed E-state index contributed by atoms with van der Waals surface area (Å²) in [5, 5.41) is 4.25. The van der Waals surface area contributed by atoms with Crippen LogP contribution in [0.4, 0.5) is 10.5 Å². The van der Waals surface area contributed by atoms with E-state index in [1.54, 1.807) is 24.3 Å². The van der Waals surface area contributed by atoms with Gasteiger partial charge in [-0.1, -0.05) is 42.5 Å². The summed E-state index contributed by atoms with van der Waals surface area (Å²) in [6.07, 6.45) is 1.70. The number of hydrogen-bond donors (Lipinski definition) is 1. The number of ether oxygens (including phenoxy) is 2. The topological polar surface area (TPSA) is 84.9 Å². The first-order valence-corrected chi connectivity index (χ1v) is 10.8. The average molecular weight is 446 g/mol. The maximum absolute atomic E-state index is 12.8. The Kier molecular flexibility index (Phi) is 5.28. The maximum atomic E-state index is 12.8. The van der Waals surface area contributed by atoms with E-state index in [9.17, 15) is 14.4 Å². The number of rotatable bonds is 4. The van der Waals surface area contributed by atoms with Gasteiger partial charge in [0.1, 0.15) is 19.8 Å². The highest BCUT2D eigenvalue weighted by Crippen LogP contribution is 2.34. The largest absolute Gasteiger partial charge is 0.486 e.